The molecular formula is C13H26N4. The second-order valence-corrected chi connectivity index (χ2v) is 4.94. The van der Waals surface area contributed by atoms with Gasteiger partial charge in [-0.1, -0.05) is 19.8 Å². The van der Waals surface area contributed by atoms with Gasteiger partial charge in [0.05, 0.1) is 12.2 Å². The second-order valence-electron chi connectivity index (χ2n) is 4.94. The molecule has 0 amide bonds. The minimum absolute atomic E-state index is 0.117. The molecule has 0 fully saturated rings. The largest absolute Gasteiger partial charge is 0.326 e. The predicted octanol–water partition coefficient (Wildman–Crippen LogP) is 1.93. The summed E-state index contributed by atoms with van der Waals surface area (Å²) in [5.74, 6) is 0. The molecule has 0 bridgehead atoms. The third kappa shape index (κ3) is 4.13. The number of nitrogens with zero attached hydrogens (tertiary/aromatic N) is 3. The Morgan fingerprint density at radius 1 is 1.47 bits per heavy atom. The maximum Gasteiger partial charge on any atom is 0.0538 e. The van der Waals surface area contributed by atoms with Crippen LogP contribution in [0, 0.1) is 0 Å². The van der Waals surface area contributed by atoms with Gasteiger partial charge in [0.1, 0.15) is 0 Å². The smallest absolute Gasteiger partial charge is 0.0538 e. The molecule has 4 heteroatoms. The lowest BCUT2D eigenvalue weighted by molar-refractivity contribution is 0.215. The van der Waals surface area contributed by atoms with E-state index in [2.05, 4.69) is 37.1 Å². The fourth-order valence-corrected chi connectivity index (χ4v) is 2.30. The first-order valence-electron chi connectivity index (χ1n) is 6.50. The summed E-state index contributed by atoms with van der Waals surface area (Å²) in [6.07, 6.45) is 7.75. The average molecular weight is 238 g/mol. The number of likely N-dealkylation sites (N-methyl/N-ethyl adjacent to an activating group) is 1. The van der Waals surface area contributed by atoms with Crippen LogP contribution in [0.5, 0.6) is 0 Å². The first-order chi connectivity index (χ1) is 8.06. The maximum absolute atomic E-state index is 6.10. The summed E-state index contributed by atoms with van der Waals surface area (Å²) in [6.45, 7) is 5.38. The SMILES string of the molecule is CCCCCN(C)C(c1cnn(C)c1)C(C)N. The molecule has 1 aromatic heterocycles. The van der Waals surface area contributed by atoms with Crippen LogP contribution in [0.4, 0.5) is 0 Å². The summed E-state index contributed by atoms with van der Waals surface area (Å²) in [5.41, 5.74) is 7.31. The first-order valence-corrected chi connectivity index (χ1v) is 6.50. The molecule has 2 atom stereocenters. The van der Waals surface area contributed by atoms with E-state index < -0.39 is 0 Å². The molecule has 17 heavy (non-hydrogen) atoms. The van der Waals surface area contributed by atoms with Crippen molar-refractivity contribution in [3.05, 3.63) is 18.0 Å². The molecule has 0 saturated heterocycles. The molecule has 0 aliphatic rings. The van der Waals surface area contributed by atoms with Crippen molar-refractivity contribution >= 4 is 0 Å². The summed E-state index contributed by atoms with van der Waals surface area (Å²) in [7, 11) is 4.09. The molecule has 4 nitrogen and oxygen atoms in total. The van der Waals surface area contributed by atoms with Gasteiger partial charge in [0, 0.05) is 24.8 Å². The number of aryl methyl sites for hydroxylation is 1. The summed E-state index contributed by atoms with van der Waals surface area (Å²) in [5, 5.41) is 4.23. The van der Waals surface area contributed by atoms with Crippen molar-refractivity contribution in [1.82, 2.24) is 14.7 Å². The zero-order valence-electron chi connectivity index (χ0n) is 11.6. The van der Waals surface area contributed by atoms with E-state index in [1.807, 2.05) is 17.9 Å². The van der Waals surface area contributed by atoms with E-state index in [1.165, 1.54) is 24.8 Å². The highest BCUT2D eigenvalue weighted by molar-refractivity contribution is 5.12. The Morgan fingerprint density at radius 3 is 2.65 bits per heavy atom. The number of hydrogen-bond acceptors (Lipinski definition) is 3. The molecule has 98 valence electrons. The van der Waals surface area contributed by atoms with Crippen LogP contribution in [0.2, 0.25) is 0 Å². The van der Waals surface area contributed by atoms with E-state index in [1.54, 1.807) is 0 Å². The van der Waals surface area contributed by atoms with Gasteiger partial charge >= 0.3 is 0 Å². The first kappa shape index (κ1) is 14.2. The number of unbranched alkanes of at least 4 members (excludes halogenated alkanes) is 2. The summed E-state index contributed by atoms with van der Waals surface area (Å²) in [6, 6.07) is 0.381. The van der Waals surface area contributed by atoms with Crippen molar-refractivity contribution in [3.63, 3.8) is 0 Å². The van der Waals surface area contributed by atoms with Gasteiger partial charge in [-0.3, -0.25) is 9.58 Å². The standard InChI is InChI=1S/C13H26N4/c1-5-6-7-8-16(3)13(11(2)14)12-9-15-17(4)10-12/h9-11,13H,5-8,14H2,1-4H3. The summed E-state index contributed by atoms with van der Waals surface area (Å²) >= 11 is 0. The molecule has 1 rings (SSSR count). The molecule has 0 spiro atoms. The van der Waals surface area contributed by atoms with Crippen molar-refractivity contribution in [2.75, 3.05) is 13.6 Å². The zero-order valence-corrected chi connectivity index (χ0v) is 11.6. The minimum atomic E-state index is 0.117. The molecule has 2 unspecified atom stereocenters. The van der Waals surface area contributed by atoms with Gasteiger partial charge in [0.2, 0.25) is 0 Å². The van der Waals surface area contributed by atoms with Crippen LogP contribution in [-0.2, 0) is 7.05 Å². The van der Waals surface area contributed by atoms with E-state index in [4.69, 9.17) is 5.73 Å². The highest BCUT2D eigenvalue weighted by Crippen LogP contribution is 2.22. The van der Waals surface area contributed by atoms with E-state index in [-0.39, 0.29) is 12.1 Å². The predicted molar refractivity (Wildman–Crippen MR) is 71.8 cm³/mol. The monoisotopic (exact) mass is 238 g/mol. The van der Waals surface area contributed by atoms with Crippen LogP contribution in [0.15, 0.2) is 12.4 Å². The van der Waals surface area contributed by atoms with Crippen molar-refractivity contribution in [1.29, 1.82) is 0 Å². The average Bonchev–Trinajstić information content (AvgIpc) is 2.65. The van der Waals surface area contributed by atoms with Crippen molar-refractivity contribution in [2.24, 2.45) is 12.8 Å². The number of nitrogens with two attached hydrogens (primary N) is 1. The molecule has 0 radical (unpaired) electrons. The maximum atomic E-state index is 6.10. The quantitative estimate of drug-likeness (QED) is 0.738. The summed E-state index contributed by atoms with van der Waals surface area (Å²) < 4.78 is 1.84. The Morgan fingerprint density at radius 2 is 2.18 bits per heavy atom. The molecule has 0 aromatic carbocycles. The lowest BCUT2D eigenvalue weighted by atomic mass is 10.0. The van der Waals surface area contributed by atoms with Gasteiger partial charge in [-0.25, -0.2) is 0 Å². The zero-order chi connectivity index (χ0) is 12.8. The Labute approximate surface area is 105 Å². The Balaban J connectivity index is 2.65. The van der Waals surface area contributed by atoms with E-state index in [0.717, 1.165) is 6.54 Å². The van der Waals surface area contributed by atoms with E-state index in [9.17, 15) is 0 Å². The normalized spacial score (nSPS) is 15.2. The third-order valence-corrected chi connectivity index (χ3v) is 3.15. The Bertz CT molecular complexity index is 319. The van der Waals surface area contributed by atoms with E-state index >= 15 is 0 Å². The highest BCUT2D eigenvalue weighted by atomic mass is 15.2. The van der Waals surface area contributed by atoms with Gasteiger partial charge in [-0.15, -0.1) is 0 Å². The Kier molecular flexibility index (Phi) is 5.65. The molecular weight excluding hydrogens is 212 g/mol. The fourth-order valence-electron chi connectivity index (χ4n) is 2.30. The van der Waals surface area contributed by atoms with Crippen LogP contribution >= 0.6 is 0 Å². The van der Waals surface area contributed by atoms with Crippen molar-refractivity contribution in [3.8, 4) is 0 Å². The van der Waals surface area contributed by atoms with Crippen LogP contribution < -0.4 is 5.73 Å². The van der Waals surface area contributed by atoms with Gasteiger partial charge in [-0.05, 0) is 26.9 Å². The van der Waals surface area contributed by atoms with Gasteiger partial charge < -0.3 is 5.73 Å². The number of hydrogen-bond donors (Lipinski definition) is 1. The molecule has 2 N–H and O–H groups in total. The fraction of sp³-hybridized carbons (Fsp3) is 0.769. The van der Waals surface area contributed by atoms with Gasteiger partial charge in [0.25, 0.3) is 0 Å². The van der Waals surface area contributed by atoms with E-state index in [0.29, 0.717) is 0 Å². The topological polar surface area (TPSA) is 47.1 Å². The lowest BCUT2D eigenvalue weighted by Gasteiger charge is -2.30. The number of rotatable bonds is 7. The van der Waals surface area contributed by atoms with Crippen LogP contribution in [-0.4, -0.2) is 34.3 Å². The second kappa shape index (κ2) is 6.77. The molecule has 0 aliphatic carbocycles. The van der Waals surface area contributed by atoms with Crippen molar-refractivity contribution in [2.45, 2.75) is 45.2 Å². The molecule has 0 aliphatic heterocycles. The van der Waals surface area contributed by atoms with Crippen LogP contribution in [0.25, 0.3) is 0 Å². The summed E-state index contributed by atoms with van der Waals surface area (Å²) in [4.78, 5) is 2.34. The number of aromatic nitrogens is 2. The van der Waals surface area contributed by atoms with Crippen molar-refractivity contribution < 1.29 is 0 Å². The molecule has 1 heterocycles. The molecule has 1 aromatic rings. The Hall–Kier alpha value is -0.870. The van der Waals surface area contributed by atoms with Gasteiger partial charge in [-0.2, -0.15) is 5.10 Å². The van der Waals surface area contributed by atoms with Gasteiger partial charge in [0.15, 0.2) is 0 Å². The highest BCUT2D eigenvalue weighted by Gasteiger charge is 2.21. The minimum Gasteiger partial charge on any atom is -0.326 e. The van der Waals surface area contributed by atoms with Crippen LogP contribution in [0.3, 0.4) is 0 Å². The molecule has 0 saturated carbocycles. The third-order valence-electron chi connectivity index (χ3n) is 3.15. The lowest BCUT2D eigenvalue weighted by Crippen LogP contribution is -2.37. The van der Waals surface area contributed by atoms with Crippen LogP contribution in [0.1, 0.15) is 44.7 Å².